The van der Waals surface area contributed by atoms with Crippen LogP contribution >= 0.6 is 0 Å². The van der Waals surface area contributed by atoms with Crippen molar-refractivity contribution in [1.29, 1.82) is 0 Å². The average Bonchev–Trinajstić information content (AvgIpc) is 3.18. The first-order chi connectivity index (χ1) is 14.5. The van der Waals surface area contributed by atoms with Crippen molar-refractivity contribution in [3.63, 3.8) is 0 Å². The molecular formula is C19H23F3N4O4S. The molecule has 31 heavy (non-hydrogen) atoms. The summed E-state index contributed by atoms with van der Waals surface area (Å²) in [6.07, 6.45) is -3.76. The molecule has 3 rings (SSSR count). The van der Waals surface area contributed by atoms with Gasteiger partial charge in [-0.15, -0.1) is 0 Å². The molecule has 2 heterocycles. The number of halogens is 3. The predicted molar refractivity (Wildman–Crippen MR) is 106 cm³/mol. The van der Waals surface area contributed by atoms with Gasteiger partial charge in [0.2, 0.25) is 10.0 Å². The molecule has 0 saturated carbocycles. The van der Waals surface area contributed by atoms with Crippen LogP contribution in [0.5, 0.6) is 0 Å². The molecular weight excluding hydrogens is 437 g/mol. The van der Waals surface area contributed by atoms with Crippen molar-refractivity contribution < 1.29 is 31.1 Å². The fourth-order valence-corrected chi connectivity index (χ4v) is 4.76. The van der Waals surface area contributed by atoms with Gasteiger partial charge in [-0.05, 0) is 44.2 Å². The highest BCUT2D eigenvalue weighted by atomic mass is 32.2. The first kappa shape index (κ1) is 23.2. The molecule has 12 heteroatoms. The van der Waals surface area contributed by atoms with Crippen LogP contribution in [0.1, 0.15) is 29.9 Å². The fraction of sp³-hybridized carbons (Fsp3) is 0.474. The Morgan fingerprint density at radius 2 is 1.77 bits per heavy atom. The number of morpholine rings is 1. The second-order valence-corrected chi connectivity index (χ2v) is 9.42. The predicted octanol–water partition coefficient (Wildman–Crippen LogP) is 2.06. The minimum atomic E-state index is -4.54. The van der Waals surface area contributed by atoms with Crippen molar-refractivity contribution in [3.8, 4) is 5.69 Å². The van der Waals surface area contributed by atoms with Gasteiger partial charge in [0.15, 0.2) is 5.69 Å². The van der Waals surface area contributed by atoms with Crippen LogP contribution in [-0.2, 0) is 20.9 Å². The SMILES string of the molecule is CC1CN(S(=O)(=O)CCNC(=O)c2ccc(-n3ccc(C(F)(F)F)n3)cc2)CC(C)O1. The Bertz CT molecular complexity index is 1010. The zero-order valence-corrected chi connectivity index (χ0v) is 17.8. The first-order valence-corrected chi connectivity index (χ1v) is 11.2. The molecule has 0 bridgehead atoms. The van der Waals surface area contributed by atoms with Crippen molar-refractivity contribution >= 4 is 15.9 Å². The van der Waals surface area contributed by atoms with Crippen molar-refractivity contribution in [2.24, 2.45) is 0 Å². The molecule has 1 aliphatic heterocycles. The summed E-state index contributed by atoms with van der Waals surface area (Å²) in [4.78, 5) is 12.3. The molecule has 0 spiro atoms. The van der Waals surface area contributed by atoms with E-state index in [0.29, 0.717) is 5.69 Å². The van der Waals surface area contributed by atoms with Crippen LogP contribution in [0.2, 0.25) is 0 Å². The van der Waals surface area contributed by atoms with Gasteiger partial charge >= 0.3 is 6.18 Å². The van der Waals surface area contributed by atoms with Gasteiger partial charge in [0.25, 0.3) is 5.91 Å². The van der Waals surface area contributed by atoms with Crippen LogP contribution < -0.4 is 5.32 Å². The number of ether oxygens (including phenoxy) is 1. The Labute approximate surface area is 178 Å². The Kier molecular flexibility index (Phi) is 6.72. The van der Waals surface area contributed by atoms with E-state index in [4.69, 9.17) is 4.74 Å². The van der Waals surface area contributed by atoms with Crippen molar-refractivity contribution in [1.82, 2.24) is 19.4 Å². The van der Waals surface area contributed by atoms with Gasteiger partial charge < -0.3 is 10.1 Å². The molecule has 0 aliphatic carbocycles. The summed E-state index contributed by atoms with van der Waals surface area (Å²) in [6.45, 7) is 4.07. The Hall–Kier alpha value is -2.44. The van der Waals surface area contributed by atoms with Gasteiger partial charge in [-0.25, -0.2) is 13.1 Å². The fourth-order valence-electron chi connectivity index (χ4n) is 3.27. The molecule has 1 fully saturated rings. The van der Waals surface area contributed by atoms with Gasteiger partial charge in [-0.2, -0.15) is 22.6 Å². The number of nitrogens with one attached hydrogen (secondary N) is 1. The number of carbonyl (C=O) groups excluding carboxylic acids is 1. The molecule has 170 valence electrons. The smallest absolute Gasteiger partial charge is 0.373 e. The number of aromatic nitrogens is 2. The van der Waals surface area contributed by atoms with Crippen molar-refractivity contribution in [2.45, 2.75) is 32.2 Å². The van der Waals surface area contributed by atoms with Crippen LogP contribution in [-0.4, -0.2) is 66.0 Å². The summed E-state index contributed by atoms with van der Waals surface area (Å²) in [6, 6.07) is 6.63. The van der Waals surface area contributed by atoms with Crippen molar-refractivity contribution in [2.75, 3.05) is 25.4 Å². The number of nitrogens with zero attached hydrogens (tertiary/aromatic N) is 3. The van der Waals surface area contributed by atoms with E-state index >= 15 is 0 Å². The molecule has 1 aromatic heterocycles. The summed E-state index contributed by atoms with van der Waals surface area (Å²) >= 11 is 0. The largest absolute Gasteiger partial charge is 0.435 e. The number of rotatable bonds is 6. The normalized spacial score (nSPS) is 20.5. The van der Waals surface area contributed by atoms with E-state index in [1.165, 1.54) is 34.8 Å². The first-order valence-electron chi connectivity index (χ1n) is 9.60. The van der Waals surface area contributed by atoms with Gasteiger partial charge in [-0.3, -0.25) is 4.79 Å². The maximum absolute atomic E-state index is 12.7. The van der Waals surface area contributed by atoms with E-state index in [1.807, 2.05) is 0 Å². The second kappa shape index (κ2) is 8.97. The van der Waals surface area contributed by atoms with Crippen LogP contribution in [0.15, 0.2) is 36.5 Å². The van der Waals surface area contributed by atoms with Gasteiger partial charge in [-0.1, -0.05) is 0 Å². The number of hydrogen-bond acceptors (Lipinski definition) is 5. The maximum atomic E-state index is 12.7. The molecule has 1 amide bonds. The number of amides is 1. The molecule has 2 atom stereocenters. The van der Waals surface area contributed by atoms with E-state index < -0.39 is 27.8 Å². The Balaban J connectivity index is 1.56. The summed E-state index contributed by atoms with van der Waals surface area (Å²) in [5.74, 6) is -0.731. The summed E-state index contributed by atoms with van der Waals surface area (Å²) in [5.41, 5.74) is -0.414. The number of carbonyl (C=O) groups is 1. The molecule has 1 N–H and O–H groups in total. The topological polar surface area (TPSA) is 93.5 Å². The molecule has 0 radical (unpaired) electrons. The Morgan fingerprint density at radius 1 is 1.16 bits per heavy atom. The highest BCUT2D eigenvalue weighted by molar-refractivity contribution is 7.89. The van der Waals surface area contributed by atoms with E-state index in [-0.39, 0.29) is 43.2 Å². The van der Waals surface area contributed by atoms with Crippen LogP contribution in [0.3, 0.4) is 0 Å². The lowest BCUT2D eigenvalue weighted by molar-refractivity contribution is -0.141. The maximum Gasteiger partial charge on any atom is 0.435 e. The zero-order chi connectivity index (χ0) is 22.8. The van der Waals surface area contributed by atoms with Crippen molar-refractivity contribution in [3.05, 3.63) is 47.8 Å². The summed E-state index contributed by atoms with van der Waals surface area (Å²) in [5, 5.41) is 6.02. The molecule has 1 aromatic carbocycles. The van der Waals surface area contributed by atoms with Crippen LogP contribution in [0, 0.1) is 0 Å². The third-order valence-corrected chi connectivity index (χ3v) is 6.50. The number of sulfonamides is 1. The number of hydrogen-bond donors (Lipinski definition) is 1. The monoisotopic (exact) mass is 460 g/mol. The average molecular weight is 460 g/mol. The number of alkyl halides is 3. The lowest BCUT2D eigenvalue weighted by Gasteiger charge is -2.34. The lowest BCUT2D eigenvalue weighted by atomic mass is 10.2. The third-order valence-electron chi connectivity index (χ3n) is 4.70. The van der Waals surface area contributed by atoms with E-state index in [2.05, 4.69) is 10.4 Å². The van der Waals surface area contributed by atoms with Gasteiger partial charge in [0.1, 0.15) is 0 Å². The Morgan fingerprint density at radius 3 is 2.32 bits per heavy atom. The summed E-state index contributed by atoms with van der Waals surface area (Å²) < 4.78 is 71.0. The van der Waals surface area contributed by atoms with E-state index in [0.717, 1.165) is 10.7 Å². The highest BCUT2D eigenvalue weighted by Crippen LogP contribution is 2.27. The summed E-state index contributed by atoms with van der Waals surface area (Å²) in [7, 11) is -3.54. The van der Waals surface area contributed by atoms with E-state index in [1.54, 1.807) is 13.8 Å². The third kappa shape index (κ3) is 5.83. The van der Waals surface area contributed by atoms with Gasteiger partial charge in [0, 0.05) is 31.4 Å². The minimum Gasteiger partial charge on any atom is -0.373 e. The van der Waals surface area contributed by atoms with Crippen LogP contribution in [0.4, 0.5) is 13.2 Å². The van der Waals surface area contributed by atoms with E-state index in [9.17, 15) is 26.4 Å². The molecule has 1 aliphatic rings. The standard InChI is InChI=1S/C19H23F3N4O4S/c1-13-11-25(12-14(2)30-13)31(28,29)10-8-23-18(27)15-3-5-16(6-4-15)26-9-7-17(24-26)19(20,21)22/h3-7,9,13-14H,8,10-12H2,1-2H3,(H,23,27). The van der Waals surface area contributed by atoms with Crippen LogP contribution in [0.25, 0.3) is 5.69 Å². The lowest BCUT2D eigenvalue weighted by Crippen LogP contribution is -2.49. The molecule has 2 aromatic rings. The quantitative estimate of drug-likeness (QED) is 0.712. The van der Waals surface area contributed by atoms with Gasteiger partial charge in [0.05, 0.1) is 23.6 Å². The zero-order valence-electron chi connectivity index (χ0n) is 17.0. The highest BCUT2D eigenvalue weighted by Gasteiger charge is 2.33. The molecule has 2 unspecified atom stereocenters. The molecule has 8 nitrogen and oxygen atoms in total. The minimum absolute atomic E-state index is 0.0723. The second-order valence-electron chi connectivity index (χ2n) is 7.34. The number of benzene rings is 1. The molecule has 1 saturated heterocycles.